The van der Waals surface area contributed by atoms with Crippen molar-refractivity contribution in [3.8, 4) is 0 Å². The highest BCUT2D eigenvalue weighted by Gasteiger charge is 2.43. The Morgan fingerprint density at radius 2 is 1.80 bits per heavy atom. The minimum atomic E-state index is -4.15. The molecule has 0 aromatic heterocycles. The summed E-state index contributed by atoms with van der Waals surface area (Å²) in [4.78, 5) is 0. The molecule has 1 aliphatic carbocycles. The average Bonchev–Trinajstić information content (AvgIpc) is 2.41. The highest BCUT2D eigenvalue weighted by atomic mass is 19.4. The fourth-order valence-corrected chi connectivity index (χ4v) is 3.00. The molecule has 20 heavy (non-hydrogen) atoms. The molecular weight excluding hydrogens is 272 g/mol. The van der Waals surface area contributed by atoms with E-state index in [4.69, 9.17) is 5.84 Å². The highest BCUT2D eigenvalue weighted by molar-refractivity contribution is 5.20. The Morgan fingerprint density at radius 3 is 2.35 bits per heavy atom. The minimum Gasteiger partial charge on any atom is -0.271 e. The van der Waals surface area contributed by atoms with E-state index in [9.17, 15) is 17.6 Å². The van der Waals surface area contributed by atoms with Crippen LogP contribution in [0.25, 0.3) is 0 Å². The zero-order valence-electron chi connectivity index (χ0n) is 11.0. The number of benzene rings is 1. The Balaban J connectivity index is 2.13. The van der Waals surface area contributed by atoms with Crippen LogP contribution in [-0.4, -0.2) is 6.18 Å². The number of alkyl halides is 3. The zero-order chi connectivity index (χ0) is 14.8. The van der Waals surface area contributed by atoms with Gasteiger partial charge in [0.25, 0.3) is 0 Å². The van der Waals surface area contributed by atoms with Gasteiger partial charge in [0, 0.05) is 6.04 Å². The summed E-state index contributed by atoms with van der Waals surface area (Å²) in [5.41, 5.74) is 3.31. The van der Waals surface area contributed by atoms with Crippen LogP contribution in [0.1, 0.15) is 37.3 Å². The average molecular weight is 290 g/mol. The Bertz CT molecular complexity index is 430. The second-order valence-electron chi connectivity index (χ2n) is 5.36. The summed E-state index contributed by atoms with van der Waals surface area (Å²) in [5, 5.41) is 0. The van der Waals surface area contributed by atoms with Crippen molar-refractivity contribution in [3.63, 3.8) is 0 Å². The molecule has 6 heteroatoms. The van der Waals surface area contributed by atoms with Crippen LogP contribution in [0.3, 0.4) is 0 Å². The quantitative estimate of drug-likeness (QED) is 0.506. The maximum atomic E-state index is 12.9. The topological polar surface area (TPSA) is 38.0 Å². The first kappa shape index (κ1) is 15.3. The summed E-state index contributed by atoms with van der Waals surface area (Å²) in [6.07, 6.45) is -2.68. The molecule has 112 valence electrons. The predicted octanol–water partition coefficient (Wildman–Crippen LogP) is 3.70. The smallest absolute Gasteiger partial charge is 0.271 e. The van der Waals surface area contributed by atoms with Crippen molar-refractivity contribution in [1.29, 1.82) is 0 Å². The van der Waals surface area contributed by atoms with Crippen molar-refractivity contribution in [2.24, 2.45) is 17.7 Å². The molecule has 3 N–H and O–H groups in total. The van der Waals surface area contributed by atoms with Gasteiger partial charge in [-0.1, -0.05) is 18.6 Å². The van der Waals surface area contributed by atoms with E-state index in [2.05, 4.69) is 5.43 Å². The number of nitrogens with two attached hydrogens (primary N) is 1. The van der Waals surface area contributed by atoms with Crippen LogP contribution >= 0.6 is 0 Å². The van der Waals surface area contributed by atoms with Gasteiger partial charge in [-0.05, 0) is 42.9 Å². The fourth-order valence-electron chi connectivity index (χ4n) is 3.00. The van der Waals surface area contributed by atoms with Gasteiger partial charge in [0.15, 0.2) is 0 Å². The minimum absolute atomic E-state index is 0.0652. The monoisotopic (exact) mass is 290 g/mol. The second kappa shape index (κ2) is 6.10. The Morgan fingerprint density at radius 1 is 1.15 bits per heavy atom. The maximum absolute atomic E-state index is 12.9. The van der Waals surface area contributed by atoms with Gasteiger partial charge in [-0.25, -0.2) is 4.39 Å². The van der Waals surface area contributed by atoms with E-state index in [1.807, 2.05) is 0 Å². The van der Waals surface area contributed by atoms with Crippen LogP contribution in [0.2, 0.25) is 0 Å². The van der Waals surface area contributed by atoms with Crippen LogP contribution in [0.15, 0.2) is 24.3 Å². The predicted molar refractivity (Wildman–Crippen MR) is 68.0 cm³/mol. The van der Waals surface area contributed by atoms with Gasteiger partial charge in [0.05, 0.1) is 5.92 Å². The van der Waals surface area contributed by atoms with E-state index < -0.39 is 12.1 Å². The third-order valence-electron chi connectivity index (χ3n) is 4.06. The molecule has 1 fully saturated rings. The van der Waals surface area contributed by atoms with Crippen molar-refractivity contribution in [2.75, 3.05) is 0 Å². The van der Waals surface area contributed by atoms with Gasteiger partial charge < -0.3 is 0 Å². The van der Waals surface area contributed by atoms with Gasteiger partial charge >= 0.3 is 6.18 Å². The lowest BCUT2D eigenvalue weighted by atomic mass is 9.76. The molecule has 2 rings (SSSR count). The van der Waals surface area contributed by atoms with Crippen LogP contribution < -0.4 is 11.3 Å². The van der Waals surface area contributed by atoms with Crippen molar-refractivity contribution in [1.82, 2.24) is 5.43 Å². The van der Waals surface area contributed by atoms with E-state index in [0.29, 0.717) is 12.8 Å². The lowest BCUT2D eigenvalue weighted by molar-refractivity contribution is -0.186. The summed E-state index contributed by atoms with van der Waals surface area (Å²) >= 11 is 0. The molecule has 3 unspecified atom stereocenters. The van der Waals surface area contributed by atoms with E-state index in [1.54, 1.807) is 12.1 Å². The van der Waals surface area contributed by atoms with E-state index in [1.165, 1.54) is 12.1 Å². The lowest BCUT2D eigenvalue weighted by Crippen LogP contribution is -2.38. The largest absolute Gasteiger partial charge is 0.391 e. The summed E-state index contributed by atoms with van der Waals surface area (Å²) in [7, 11) is 0. The van der Waals surface area contributed by atoms with Crippen molar-refractivity contribution in [2.45, 2.75) is 37.9 Å². The Hall–Kier alpha value is -1.14. The maximum Gasteiger partial charge on any atom is 0.391 e. The number of nitrogens with one attached hydrogen (secondary N) is 1. The summed E-state index contributed by atoms with van der Waals surface area (Å²) in [5.74, 6) is 3.67. The van der Waals surface area contributed by atoms with Gasteiger partial charge in [-0.15, -0.1) is 0 Å². The molecule has 3 atom stereocenters. The van der Waals surface area contributed by atoms with E-state index in [-0.39, 0.29) is 30.6 Å². The standard InChI is InChI=1S/C14H18F4N2/c15-12-6-4-9(5-7-12)13(20-19)10-2-1-3-11(8-10)14(16,17)18/h4-7,10-11,13,20H,1-3,8,19H2. The first-order chi connectivity index (χ1) is 9.41. The molecule has 1 aliphatic rings. The van der Waals surface area contributed by atoms with E-state index >= 15 is 0 Å². The number of halogens is 4. The van der Waals surface area contributed by atoms with Crippen molar-refractivity contribution < 1.29 is 17.6 Å². The van der Waals surface area contributed by atoms with Crippen LogP contribution in [0, 0.1) is 17.7 Å². The Kier molecular flexibility index (Phi) is 4.65. The molecule has 0 aliphatic heterocycles. The van der Waals surface area contributed by atoms with Gasteiger partial charge in [-0.2, -0.15) is 13.2 Å². The fraction of sp³-hybridized carbons (Fsp3) is 0.571. The number of rotatable bonds is 3. The first-order valence-electron chi connectivity index (χ1n) is 6.70. The molecule has 0 spiro atoms. The summed E-state index contributed by atoms with van der Waals surface area (Å²) in [6.45, 7) is 0. The number of hydrogen-bond acceptors (Lipinski definition) is 2. The first-order valence-corrected chi connectivity index (χ1v) is 6.70. The summed E-state index contributed by atoms with van der Waals surface area (Å²) < 4.78 is 51.4. The third-order valence-corrected chi connectivity index (χ3v) is 4.06. The zero-order valence-corrected chi connectivity index (χ0v) is 11.0. The molecule has 0 amide bonds. The van der Waals surface area contributed by atoms with E-state index in [0.717, 1.165) is 5.56 Å². The second-order valence-corrected chi connectivity index (χ2v) is 5.36. The molecule has 0 saturated heterocycles. The molecule has 0 radical (unpaired) electrons. The lowest BCUT2D eigenvalue weighted by Gasteiger charge is -2.35. The van der Waals surface area contributed by atoms with Crippen LogP contribution in [-0.2, 0) is 0 Å². The number of hydrogen-bond donors (Lipinski definition) is 2. The van der Waals surface area contributed by atoms with Crippen molar-refractivity contribution in [3.05, 3.63) is 35.6 Å². The van der Waals surface area contributed by atoms with Gasteiger partial charge in [-0.3, -0.25) is 11.3 Å². The van der Waals surface area contributed by atoms with Gasteiger partial charge in [0.2, 0.25) is 0 Å². The third kappa shape index (κ3) is 3.49. The van der Waals surface area contributed by atoms with Crippen LogP contribution in [0.4, 0.5) is 17.6 Å². The molecule has 0 heterocycles. The molecular formula is C14H18F4N2. The van der Waals surface area contributed by atoms with Crippen molar-refractivity contribution >= 4 is 0 Å². The SMILES string of the molecule is NNC(c1ccc(F)cc1)C1CCCC(C(F)(F)F)C1. The molecule has 0 bridgehead atoms. The van der Waals surface area contributed by atoms with Gasteiger partial charge in [0.1, 0.15) is 5.82 Å². The molecule has 2 nitrogen and oxygen atoms in total. The number of hydrazine groups is 1. The normalized spacial score (nSPS) is 25.4. The molecule has 1 aromatic carbocycles. The summed E-state index contributed by atoms with van der Waals surface area (Å²) in [6, 6.07) is 5.35. The Labute approximate surface area is 115 Å². The molecule has 1 saturated carbocycles. The molecule has 1 aromatic rings. The van der Waals surface area contributed by atoms with Crippen LogP contribution in [0.5, 0.6) is 0 Å². The highest BCUT2D eigenvalue weighted by Crippen LogP contribution is 2.43.